The van der Waals surface area contributed by atoms with Gasteiger partial charge in [0.15, 0.2) is 0 Å². The average Bonchev–Trinajstić information content (AvgIpc) is 2.82. The van der Waals surface area contributed by atoms with Crippen LogP contribution in [-0.2, 0) is 4.79 Å². The third-order valence-electron chi connectivity index (χ3n) is 3.43. The molecule has 1 unspecified atom stereocenters. The molecule has 0 saturated heterocycles. The largest absolute Gasteiger partial charge is 0.349 e. The van der Waals surface area contributed by atoms with Gasteiger partial charge in [-0.1, -0.05) is 36.6 Å². The van der Waals surface area contributed by atoms with Crippen molar-refractivity contribution >= 4 is 17.5 Å². The molecule has 0 heterocycles. The highest BCUT2D eigenvalue weighted by atomic mass is 35.5. The Morgan fingerprint density at radius 2 is 2.12 bits per heavy atom. The molecule has 1 aromatic rings. The first kappa shape index (κ1) is 12.4. The van der Waals surface area contributed by atoms with Crippen molar-refractivity contribution in [3.05, 3.63) is 34.9 Å². The van der Waals surface area contributed by atoms with Gasteiger partial charge in [0.05, 0.1) is 6.04 Å². The van der Waals surface area contributed by atoms with Gasteiger partial charge in [0, 0.05) is 10.9 Å². The van der Waals surface area contributed by atoms with E-state index in [0.29, 0.717) is 5.02 Å². The summed E-state index contributed by atoms with van der Waals surface area (Å²) in [5.41, 5.74) is 1.06. The molecule has 92 valence electrons. The second-order valence-electron chi connectivity index (χ2n) is 4.77. The van der Waals surface area contributed by atoms with Crippen molar-refractivity contribution in [3.63, 3.8) is 0 Å². The van der Waals surface area contributed by atoms with Crippen LogP contribution < -0.4 is 5.32 Å². The maximum absolute atomic E-state index is 12.0. The second-order valence-corrected chi connectivity index (χ2v) is 5.20. The Morgan fingerprint density at radius 3 is 2.76 bits per heavy atom. The number of benzene rings is 1. The fourth-order valence-electron chi connectivity index (χ4n) is 2.38. The van der Waals surface area contributed by atoms with Gasteiger partial charge in [0.1, 0.15) is 0 Å². The van der Waals surface area contributed by atoms with Crippen LogP contribution in [0.25, 0.3) is 0 Å². The number of rotatable bonds is 3. The third kappa shape index (κ3) is 3.22. The zero-order valence-corrected chi connectivity index (χ0v) is 10.8. The molecule has 0 aliphatic heterocycles. The van der Waals surface area contributed by atoms with Gasteiger partial charge < -0.3 is 5.32 Å². The van der Waals surface area contributed by atoms with Crippen molar-refractivity contribution < 1.29 is 4.79 Å². The Labute approximate surface area is 107 Å². The molecule has 1 aliphatic rings. The Morgan fingerprint density at radius 1 is 1.41 bits per heavy atom. The lowest BCUT2D eigenvalue weighted by atomic mass is 10.0. The van der Waals surface area contributed by atoms with E-state index in [0.717, 1.165) is 18.4 Å². The first-order valence-corrected chi connectivity index (χ1v) is 6.60. The van der Waals surface area contributed by atoms with Gasteiger partial charge in [-0.15, -0.1) is 0 Å². The van der Waals surface area contributed by atoms with Crippen LogP contribution in [0.15, 0.2) is 24.3 Å². The van der Waals surface area contributed by atoms with Crippen LogP contribution in [-0.4, -0.2) is 5.91 Å². The van der Waals surface area contributed by atoms with Crippen molar-refractivity contribution in [1.82, 2.24) is 5.32 Å². The lowest BCUT2D eigenvalue weighted by Crippen LogP contribution is -2.31. The van der Waals surface area contributed by atoms with Crippen LogP contribution in [0, 0.1) is 5.92 Å². The molecule has 1 saturated carbocycles. The highest BCUT2D eigenvalue weighted by Gasteiger charge is 2.23. The number of amides is 1. The van der Waals surface area contributed by atoms with Crippen LogP contribution in [0.3, 0.4) is 0 Å². The normalized spacial score (nSPS) is 18.0. The molecule has 2 nitrogen and oxygen atoms in total. The monoisotopic (exact) mass is 251 g/mol. The highest BCUT2D eigenvalue weighted by molar-refractivity contribution is 6.30. The van der Waals surface area contributed by atoms with Gasteiger partial charge in [0.2, 0.25) is 5.91 Å². The van der Waals surface area contributed by atoms with Gasteiger partial charge in [-0.25, -0.2) is 0 Å². The smallest absolute Gasteiger partial charge is 0.223 e. The molecule has 0 radical (unpaired) electrons. The topological polar surface area (TPSA) is 29.1 Å². The number of nitrogens with one attached hydrogen (secondary N) is 1. The summed E-state index contributed by atoms with van der Waals surface area (Å²) in [6.45, 7) is 2.00. The van der Waals surface area contributed by atoms with Crippen LogP contribution in [0.1, 0.15) is 44.2 Å². The maximum atomic E-state index is 12.0. The summed E-state index contributed by atoms with van der Waals surface area (Å²) in [6.07, 6.45) is 4.44. The van der Waals surface area contributed by atoms with E-state index in [4.69, 9.17) is 11.6 Å². The summed E-state index contributed by atoms with van der Waals surface area (Å²) in [7, 11) is 0. The van der Waals surface area contributed by atoms with Crippen molar-refractivity contribution in [1.29, 1.82) is 0 Å². The summed E-state index contributed by atoms with van der Waals surface area (Å²) in [5, 5.41) is 3.78. The Bertz CT molecular complexity index is 399. The van der Waals surface area contributed by atoms with Crippen molar-refractivity contribution in [2.24, 2.45) is 5.92 Å². The van der Waals surface area contributed by atoms with Crippen LogP contribution >= 0.6 is 11.6 Å². The molecule has 2 rings (SSSR count). The molecule has 1 aliphatic carbocycles. The summed E-state index contributed by atoms with van der Waals surface area (Å²) >= 11 is 5.94. The van der Waals surface area contributed by atoms with E-state index in [2.05, 4.69) is 5.32 Å². The first-order chi connectivity index (χ1) is 8.16. The Balaban J connectivity index is 1.96. The van der Waals surface area contributed by atoms with Gasteiger partial charge in [-0.05, 0) is 37.5 Å². The number of hydrogen-bond donors (Lipinski definition) is 1. The molecule has 17 heavy (non-hydrogen) atoms. The first-order valence-electron chi connectivity index (χ1n) is 6.22. The molecule has 1 N–H and O–H groups in total. The standard InChI is InChI=1S/C14H18ClNO/c1-10(12-7-4-8-13(15)9-12)16-14(17)11-5-2-3-6-11/h4,7-11H,2-3,5-6H2,1H3,(H,16,17). The quantitative estimate of drug-likeness (QED) is 0.872. The molecule has 3 heteroatoms. The van der Waals surface area contributed by atoms with E-state index in [1.807, 2.05) is 31.2 Å². The summed E-state index contributed by atoms with van der Waals surface area (Å²) in [6, 6.07) is 7.68. The van der Waals surface area contributed by atoms with Gasteiger partial charge in [-0.2, -0.15) is 0 Å². The molecular formula is C14H18ClNO. The second kappa shape index (κ2) is 5.54. The molecule has 1 fully saturated rings. The molecule has 1 amide bonds. The van der Waals surface area contributed by atoms with Crippen molar-refractivity contribution in [2.75, 3.05) is 0 Å². The van der Waals surface area contributed by atoms with E-state index in [1.165, 1.54) is 12.8 Å². The minimum absolute atomic E-state index is 0.0294. The van der Waals surface area contributed by atoms with Crippen LogP contribution in [0.2, 0.25) is 5.02 Å². The van der Waals surface area contributed by atoms with Crippen LogP contribution in [0.4, 0.5) is 0 Å². The van der Waals surface area contributed by atoms with Crippen molar-refractivity contribution in [3.8, 4) is 0 Å². The fraction of sp³-hybridized carbons (Fsp3) is 0.500. The molecule has 1 atom stereocenters. The van der Waals surface area contributed by atoms with E-state index in [9.17, 15) is 4.79 Å². The molecular weight excluding hydrogens is 234 g/mol. The Hall–Kier alpha value is -1.02. The highest BCUT2D eigenvalue weighted by Crippen LogP contribution is 2.26. The zero-order chi connectivity index (χ0) is 12.3. The lowest BCUT2D eigenvalue weighted by molar-refractivity contribution is -0.125. The SMILES string of the molecule is CC(NC(=O)C1CCCC1)c1cccc(Cl)c1. The van der Waals surface area contributed by atoms with Crippen LogP contribution in [0.5, 0.6) is 0 Å². The molecule has 0 spiro atoms. The zero-order valence-electron chi connectivity index (χ0n) is 10.1. The van der Waals surface area contributed by atoms with E-state index in [-0.39, 0.29) is 17.9 Å². The predicted octanol–water partition coefficient (Wildman–Crippen LogP) is 3.71. The molecule has 0 bridgehead atoms. The summed E-state index contributed by atoms with van der Waals surface area (Å²) in [5.74, 6) is 0.409. The molecule has 0 aromatic heterocycles. The van der Waals surface area contributed by atoms with E-state index in [1.54, 1.807) is 0 Å². The third-order valence-corrected chi connectivity index (χ3v) is 3.67. The van der Waals surface area contributed by atoms with E-state index < -0.39 is 0 Å². The average molecular weight is 252 g/mol. The summed E-state index contributed by atoms with van der Waals surface area (Å²) < 4.78 is 0. The number of halogens is 1. The fourth-order valence-corrected chi connectivity index (χ4v) is 2.58. The predicted molar refractivity (Wildman–Crippen MR) is 70.0 cm³/mol. The minimum Gasteiger partial charge on any atom is -0.349 e. The lowest BCUT2D eigenvalue weighted by Gasteiger charge is -2.17. The minimum atomic E-state index is 0.0294. The van der Waals surface area contributed by atoms with Gasteiger partial charge >= 0.3 is 0 Å². The molecule has 1 aromatic carbocycles. The number of carbonyl (C=O) groups is 1. The van der Waals surface area contributed by atoms with Crippen molar-refractivity contribution in [2.45, 2.75) is 38.6 Å². The number of hydrogen-bond acceptors (Lipinski definition) is 1. The van der Waals surface area contributed by atoms with E-state index >= 15 is 0 Å². The maximum Gasteiger partial charge on any atom is 0.223 e. The summed E-state index contributed by atoms with van der Waals surface area (Å²) in [4.78, 5) is 12.0. The Kier molecular flexibility index (Phi) is 4.06. The number of carbonyl (C=O) groups excluding carboxylic acids is 1. The van der Waals surface area contributed by atoms with Gasteiger partial charge in [-0.3, -0.25) is 4.79 Å². The van der Waals surface area contributed by atoms with Gasteiger partial charge in [0.25, 0.3) is 0 Å².